The van der Waals surface area contributed by atoms with Gasteiger partial charge in [-0.2, -0.15) is 0 Å². The van der Waals surface area contributed by atoms with Gasteiger partial charge in [0.05, 0.1) is 10.5 Å². The van der Waals surface area contributed by atoms with Crippen LogP contribution in [0, 0.1) is 10.1 Å². The Kier molecular flexibility index (Phi) is 4.06. The largest absolute Gasteiger partial charge is 0.348 e. The molecule has 0 atom stereocenters. The van der Waals surface area contributed by atoms with Gasteiger partial charge >= 0.3 is 5.00 Å². The Hall–Kier alpha value is -1.73. The molecule has 2 N–H and O–H groups in total. The van der Waals surface area contributed by atoms with Crippen LogP contribution in [0.5, 0.6) is 0 Å². The summed E-state index contributed by atoms with van der Waals surface area (Å²) in [5.41, 5.74) is 1.54. The lowest BCUT2D eigenvalue weighted by atomic mass is 10.1. The van der Waals surface area contributed by atoms with Crippen LogP contribution in [0.2, 0.25) is 0 Å². The third kappa shape index (κ3) is 3.14. The highest BCUT2D eigenvalue weighted by Gasteiger charge is 2.15. The lowest BCUT2D eigenvalue weighted by Crippen LogP contribution is -2.29. The van der Waals surface area contributed by atoms with E-state index in [1.807, 2.05) is 0 Å². The summed E-state index contributed by atoms with van der Waals surface area (Å²) in [4.78, 5) is 21.8. The molecule has 0 aromatic carbocycles. The van der Waals surface area contributed by atoms with Crippen molar-refractivity contribution in [2.45, 2.75) is 6.42 Å². The average molecular weight is 267 g/mol. The van der Waals surface area contributed by atoms with Gasteiger partial charge in [-0.15, -0.1) is 0 Å². The summed E-state index contributed by atoms with van der Waals surface area (Å²) in [5, 5.41) is 18.0. The molecule has 0 fully saturated rings. The van der Waals surface area contributed by atoms with E-state index in [-0.39, 0.29) is 10.9 Å². The third-order valence-corrected chi connectivity index (χ3v) is 3.54. The zero-order chi connectivity index (χ0) is 13.0. The number of rotatable bonds is 4. The lowest BCUT2D eigenvalue weighted by molar-refractivity contribution is -0.380. The number of nitro groups is 1. The number of carbonyl (C=O) groups is 1. The molecule has 6 nitrogen and oxygen atoms in total. The van der Waals surface area contributed by atoms with E-state index in [1.54, 1.807) is 0 Å². The molecule has 1 aliphatic heterocycles. The first-order valence-electron chi connectivity index (χ1n) is 5.56. The molecule has 2 rings (SSSR count). The number of hydrogen-bond donors (Lipinski definition) is 2. The van der Waals surface area contributed by atoms with E-state index in [2.05, 4.69) is 16.7 Å². The Morgan fingerprint density at radius 3 is 3.06 bits per heavy atom. The minimum absolute atomic E-state index is 0.0127. The van der Waals surface area contributed by atoms with Crippen LogP contribution in [0.3, 0.4) is 0 Å². The van der Waals surface area contributed by atoms with Crippen molar-refractivity contribution in [3.05, 3.63) is 38.8 Å². The molecule has 0 aliphatic carbocycles. The number of nitrogens with one attached hydrogen (secondary N) is 2. The van der Waals surface area contributed by atoms with Crippen molar-refractivity contribution in [3.63, 3.8) is 0 Å². The molecule has 0 unspecified atom stereocenters. The van der Waals surface area contributed by atoms with E-state index in [4.69, 9.17) is 0 Å². The van der Waals surface area contributed by atoms with Crippen LogP contribution in [0.4, 0.5) is 5.00 Å². The van der Waals surface area contributed by atoms with E-state index in [1.165, 1.54) is 17.0 Å². The van der Waals surface area contributed by atoms with Crippen LogP contribution in [-0.4, -0.2) is 30.5 Å². The molecule has 7 heteroatoms. The van der Waals surface area contributed by atoms with Crippen LogP contribution in [-0.2, 0) is 0 Å². The molecule has 0 saturated heterocycles. The predicted octanol–water partition coefficient (Wildman–Crippen LogP) is 1.31. The summed E-state index contributed by atoms with van der Waals surface area (Å²) in [6, 6.07) is 1.30. The Morgan fingerprint density at radius 1 is 1.61 bits per heavy atom. The summed E-state index contributed by atoms with van der Waals surface area (Å²) in [6.07, 6.45) is 2.98. The SMILES string of the molecule is O=C(NCC1=CCNCC1)c1csc([N+](=O)[O-])c1. The normalized spacial score (nSPS) is 15.0. The Morgan fingerprint density at radius 2 is 2.44 bits per heavy atom. The molecular weight excluding hydrogens is 254 g/mol. The zero-order valence-electron chi connectivity index (χ0n) is 9.64. The van der Waals surface area contributed by atoms with Crippen LogP contribution >= 0.6 is 11.3 Å². The van der Waals surface area contributed by atoms with Crippen molar-refractivity contribution < 1.29 is 9.72 Å². The highest BCUT2D eigenvalue weighted by molar-refractivity contribution is 7.13. The van der Waals surface area contributed by atoms with Crippen LogP contribution in [0.15, 0.2) is 23.1 Å². The molecular formula is C11H13N3O3S. The van der Waals surface area contributed by atoms with E-state index < -0.39 is 4.92 Å². The van der Waals surface area contributed by atoms with Crippen LogP contribution in [0.25, 0.3) is 0 Å². The van der Waals surface area contributed by atoms with Gasteiger partial charge < -0.3 is 10.6 Å². The van der Waals surface area contributed by atoms with Crippen LogP contribution < -0.4 is 10.6 Å². The van der Waals surface area contributed by atoms with Gasteiger partial charge in [0.25, 0.3) is 5.91 Å². The highest BCUT2D eigenvalue weighted by atomic mass is 32.1. The third-order valence-electron chi connectivity index (χ3n) is 2.66. The fourth-order valence-corrected chi connectivity index (χ4v) is 2.37. The summed E-state index contributed by atoms with van der Waals surface area (Å²) in [5.74, 6) is -0.265. The molecule has 18 heavy (non-hydrogen) atoms. The van der Waals surface area contributed by atoms with Gasteiger partial charge in [0.2, 0.25) is 0 Å². The van der Waals surface area contributed by atoms with E-state index >= 15 is 0 Å². The second-order valence-corrected chi connectivity index (χ2v) is 4.82. The van der Waals surface area contributed by atoms with Gasteiger partial charge in [-0.1, -0.05) is 23.0 Å². The van der Waals surface area contributed by atoms with Crippen molar-refractivity contribution >= 4 is 22.2 Å². The fourth-order valence-electron chi connectivity index (χ4n) is 1.67. The maximum Gasteiger partial charge on any atom is 0.324 e. The number of amides is 1. The van der Waals surface area contributed by atoms with E-state index in [0.717, 1.165) is 30.8 Å². The van der Waals surface area contributed by atoms with Gasteiger partial charge in [0.1, 0.15) is 0 Å². The Balaban J connectivity index is 1.90. The highest BCUT2D eigenvalue weighted by Crippen LogP contribution is 2.22. The van der Waals surface area contributed by atoms with E-state index in [9.17, 15) is 14.9 Å². The standard InChI is InChI=1S/C11H13N3O3S/c15-11(9-5-10(14(16)17)18-7-9)13-6-8-1-3-12-4-2-8/h1,5,7,12H,2-4,6H2,(H,13,15). The fraction of sp³-hybridized carbons (Fsp3) is 0.364. The molecule has 1 aromatic rings. The maximum absolute atomic E-state index is 11.8. The van der Waals surface area contributed by atoms with Gasteiger partial charge in [-0.3, -0.25) is 14.9 Å². The maximum atomic E-state index is 11.8. The predicted molar refractivity (Wildman–Crippen MR) is 68.9 cm³/mol. The second kappa shape index (κ2) is 5.74. The number of thiophene rings is 1. The van der Waals surface area contributed by atoms with Crippen molar-refractivity contribution in [1.82, 2.24) is 10.6 Å². The Bertz CT molecular complexity index is 495. The average Bonchev–Trinajstić information content (AvgIpc) is 2.87. The molecule has 0 saturated carbocycles. The molecule has 1 aromatic heterocycles. The first kappa shape index (κ1) is 12.7. The van der Waals surface area contributed by atoms with Crippen LogP contribution in [0.1, 0.15) is 16.8 Å². The smallest absolute Gasteiger partial charge is 0.324 e. The number of carbonyl (C=O) groups excluding carboxylic acids is 1. The minimum Gasteiger partial charge on any atom is -0.348 e. The lowest BCUT2D eigenvalue weighted by Gasteiger charge is -2.14. The van der Waals surface area contributed by atoms with Crippen molar-refractivity contribution in [1.29, 1.82) is 0 Å². The molecule has 96 valence electrons. The molecule has 1 aliphatic rings. The first-order valence-corrected chi connectivity index (χ1v) is 6.44. The summed E-state index contributed by atoms with van der Waals surface area (Å²) >= 11 is 0.963. The zero-order valence-corrected chi connectivity index (χ0v) is 10.5. The summed E-state index contributed by atoms with van der Waals surface area (Å²) in [6.45, 7) is 2.25. The molecule has 0 radical (unpaired) electrons. The topological polar surface area (TPSA) is 84.3 Å². The van der Waals surface area contributed by atoms with Gasteiger partial charge in [0, 0.05) is 24.5 Å². The van der Waals surface area contributed by atoms with Crippen molar-refractivity contribution in [2.24, 2.45) is 0 Å². The molecule has 2 heterocycles. The molecule has 0 bridgehead atoms. The van der Waals surface area contributed by atoms with Gasteiger partial charge in [0.15, 0.2) is 0 Å². The summed E-state index contributed by atoms with van der Waals surface area (Å²) in [7, 11) is 0. The quantitative estimate of drug-likeness (QED) is 0.489. The van der Waals surface area contributed by atoms with Crippen molar-refractivity contribution in [2.75, 3.05) is 19.6 Å². The van der Waals surface area contributed by atoms with E-state index in [0.29, 0.717) is 12.1 Å². The first-order chi connectivity index (χ1) is 8.66. The molecule has 0 spiro atoms. The Labute approximate surface area is 108 Å². The van der Waals surface area contributed by atoms with Gasteiger partial charge in [-0.25, -0.2) is 0 Å². The number of nitrogens with zero attached hydrogens (tertiary/aromatic N) is 1. The summed E-state index contributed by atoms with van der Waals surface area (Å²) < 4.78 is 0. The van der Waals surface area contributed by atoms with Gasteiger partial charge in [-0.05, 0) is 13.0 Å². The monoisotopic (exact) mass is 267 g/mol. The minimum atomic E-state index is -0.489. The molecule has 1 amide bonds. The number of hydrogen-bond acceptors (Lipinski definition) is 5. The second-order valence-electron chi connectivity index (χ2n) is 3.93. The van der Waals surface area contributed by atoms with Crippen molar-refractivity contribution in [3.8, 4) is 0 Å².